The molecule has 0 atom stereocenters. The highest BCUT2D eigenvalue weighted by molar-refractivity contribution is 7.90. The van der Waals surface area contributed by atoms with E-state index < -0.39 is 15.6 Å². The first-order chi connectivity index (χ1) is 13.0. The molecule has 3 aromatic heterocycles. The molecule has 0 bridgehead atoms. The van der Waals surface area contributed by atoms with Crippen LogP contribution < -0.4 is 5.56 Å². The van der Waals surface area contributed by atoms with Gasteiger partial charge in [-0.3, -0.25) is 14.3 Å². The Morgan fingerprint density at radius 1 is 1.19 bits per heavy atom. The number of fused-ring (bicyclic) bond motifs is 1. The molecule has 1 fully saturated rings. The number of aryl methyl sites for hydroxylation is 1. The Kier molecular flexibility index (Phi) is 4.77. The molecule has 1 saturated carbocycles. The molecule has 3 aromatic rings. The Balaban J connectivity index is 1.51. The maximum atomic E-state index is 12.6. The van der Waals surface area contributed by atoms with Gasteiger partial charge in [0.15, 0.2) is 0 Å². The van der Waals surface area contributed by atoms with E-state index in [0.29, 0.717) is 23.8 Å². The van der Waals surface area contributed by atoms with Gasteiger partial charge in [-0.1, -0.05) is 31.7 Å². The van der Waals surface area contributed by atoms with Crippen molar-refractivity contribution in [1.29, 1.82) is 0 Å². The van der Waals surface area contributed by atoms with E-state index >= 15 is 0 Å². The zero-order chi connectivity index (χ0) is 18.9. The number of pyridine rings is 1. The highest BCUT2D eigenvalue weighted by atomic mass is 32.2. The average Bonchev–Trinajstić information content (AvgIpc) is 3.32. The standard InChI is InChI=1S/C18H21N5O3S/c24-17-11-14(19-16-7-3-4-10-23(16)17)12-27(25,26)18-20-15(21-22-18)9-8-13-5-1-2-6-13/h3-4,7,10-11,13H,1-2,5-6,8-9,12H2,(H,20,21,22). The summed E-state index contributed by atoms with van der Waals surface area (Å²) < 4.78 is 26.6. The van der Waals surface area contributed by atoms with Crippen molar-refractivity contribution in [3.63, 3.8) is 0 Å². The highest BCUT2D eigenvalue weighted by Gasteiger charge is 2.23. The molecule has 0 unspecified atom stereocenters. The lowest BCUT2D eigenvalue weighted by atomic mass is 10.0. The minimum atomic E-state index is -3.78. The smallest absolute Gasteiger partial charge is 0.267 e. The molecule has 0 radical (unpaired) electrons. The predicted molar refractivity (Wildman–Crippen MR) is 99.0 cm³/mol. The van der Waals surface area contributed by atoms with Crippen LogP contribution in [0.5, 0.6) is 0 Å². The molecular formula is C18H21N5O3S. The van der Waals surface area contributed by atoms with Gasteiger partial charge in [-0.05, 0) is 24.5 Å². The van der Waals surface area contributed by atoms with Crippen LogP contribution in [0.15, 0.2) is 40.4 Å². The summed E-state index contributed by atoms with van der Waals surface area (Å²) in [7, 11) is -3.78. The van der Waals surface area contributed by atoms with E-state index in [-0.39, 0.29) is 16.4 Å². The van der Waals surface area contributed by atoms with E-state index in [4.69, 9.17) is 0 Å². The van der Waals surface area contributed by atoms with Gasteiger partial charge in [-0.25, -0.2) is 18.4 Å². The lowest BCUT2D eigenvalue weighted by Crippen LogP contribution is -2.17. The first-order valence-electron chi connectivity index (χ1n) is 9.13. The number of aromatic nitrogens is 5. The molecule has 3 heterocycles. The third kappa shape index (κ3) is 3.92. The van der Waals surface area contributed by atoms with Crippen LogP contribution in [0.3, 0.4) is 0 Å². The molecule has 1 aliphatic carbocycles. The van der Waals surface area contributed by atoms with Crippen LogP contribution in [0.4, 0.5) is 0 Å². The van der Waals surface area contributed by atoms with Crippen molar-refractivity contribution in [3.05, 3.63) is 52.3 Å². The third-order valence-electron chi connectivity index (χ3n) is 5.02. The van der Waals surface area contributed by atoms with Gasteiger partial charge in [0.2, 0.25) is 9.84 Å². The van der Waals surface area contributed by atoms with E-state index in [9.17, 15) is 13.2 Å². The predicted octanol–water partition coefficient (Wildman–Crippen LogP) is 1.91. The van der Waals surface area contributed by atoms with Crippen LogP contribution in [0.25, 0.3) is 5.65 Å². The fourth-order valence-corrected chi connectivity index (χ4v) is 4.71. The van der Waals surface area contributed by atoms with Crippen LogP contribution in [-0.2, 0) is 22.0 Å². The fraction of sp³-hybridized carbons (Fsp3) is 0.444. The van der Waals surface area contributed by atoms with Crippen molar-refractivity contribution in [2.24, 2.45) is 5.92 Å². The van der Waals surface area contributed by atoms with Crippen LogP contribution >= 0.6 is 0 Å². The number of hydrogen-bond donors (Lipinski definition) is 1. The van der Waals surface area contributed by atoms with Gasteiger partial charge in [0.05, 0.1) is 5.69 Å². The Morgan fingerprint density at radius 3 is 2.81 bits per heavy atom. The summed E-state index contributed by atoms with van der Waals surface area (Å²) in [6.07, 6.45) is 8.32. The maximum absolute atomic E-state index is 12.6. The lowest BCUT2D eigenvalue weighted by molar-refractivity contribution is 0.497. The Bertz CT molecular complexity index is 1110. The zero-order valence-electron chi connectivity index (χ0n) is 14.8. The molecule has 9 heteroatoms. The van der Waals surface area contributed by atoms with Crippen molar-refractivity contribution in [1.82, 2.24) is 24.6 Å². The van der Waals surface area contributed by atoms with E-state index in [0.717, 1.165) is 6.42 Å². The molecule has 4 rings (SSSR count). The number of H-pyrrole nitrogens is 1. The number of aromatic amines is 1. The molecule has 0 spiro atoms. The van der Waals surface area contributed by atoms with Crippen LogP contribution in [0, 0.1) is 5.92 Å². The van der Waals surface area contributed by atoms with E-state index in [2.05, 4.69) is 20.2 Å². The van der Waals surface area contributed by atoms with Crippen LogP contribution in [0.1, 0.15) is 43.6 Å². The molecule has 0 amide bonds. The second-order valence-corrected chi connectivity index (χ2v) is 8.91. The molecule has 0 saturated heterocycles. The minimum Gasteiger partial charge on any atom is -0.269 e. The van der Waals surface area contributed by atoms with Crippen molar-refractivity contribution in [2.45, 2.75) is 49.4 Å². The Morgan fingerprint density at radius 2 is 2.00 bits per heavy atom. The molecule has 0 aliphatic heterocycles. The van der Waals surface area contributed by atoms with Gasteiger partial charge in [-0.2, -0.15) is 0 Å². The average molecular weight is 387 g/mol. The van der Waals surface area contributed by atoms with E-state index in [1.807, 2.05) is 0 Å². The van der Waals surface area contributed by atoms with Gasteiger partial charge >= 0.3 is 0 Å². The zero-order valence-corrected chi connectivity index (χ0v) is 15.7. The van der Waals surface area contributed by atoms with Crippen LogP contribution in [-0.4, -0.2) is 33.0 Å². The molecule has 142 valence electrons. The molecule has 1 aliphatic rings. The van der Waals surface area contributed by atoms with E-state index in [1.165, 1.54) is 36.2 Å². The van der Waals surface area contributed by atoms with E-state index in [1.54, 1.807) is 24.4 Å². The first-order valence-corrected chi connectivity index (χ1v) is 10.8. The normalized spacial score (nSPS) is 15.6. The highest BCUT2D eigenvalue weighted by Crippen LogP contribution is 2.28. The number of sulfone groups is 1. The summed E-state index contributed by atoms with van der Waals surface area (Å²) in [6.45, 7) is 0. The van der Waals surface area contributed by atoms with Crippen molar-refractivity contribution < 1.29 is 8.42 Å². The summed E-state index contributed by atoms with van der Waals surface area (Å²) in [4.78, 5) is 20.5. The molecule has 1 N–H and O–H groups in total. The molecule has 8 nitrogen and oxygen atoms in total. The summed E-state index contributed by atoms with van der Waals surface area (Å²) in [5, 5.41) is 6.38. The SMILES string of the molecule is O=c1cc(CS(=O)(=O)c2n[nH]c(CCC3CCCC3)n2)nc2ccccn12. The van der Waals surface area contributed by atoms with Gasteiger partial charge in [0, 0.05) is 18.7 Å². The number of nitrogens with one attached hydrogen (secondary N) is 1. The van der Waals surface area contributed by atoms with Gasteiger partial charge in [0.25, 0.3) is 10.7 Å². The van der Waals surface area contributed by atoms with Crippen molar-refractivity contribution in [3.8, 4) is 0 Å². The third-order valence-corrected chi connectivity index (χ3v) is 6.43. The topological polar surface area (TPSA) is 110 Å². The van der Waals surface area contributed by atoms with Gasteiger partial charge < -0.3 is 0 Å². The minimum absolute atomic E-state index is 0.184. The summed E-state index contributed by atoms with van der Waals surface area (Å²) in [5.74, 6) is 0.880. The second kappa shape index (κ2) is 7.22. The maximum Gasteiger partial charge on any atom is 0.267 e. The fourth-order valence-electron chi connectivity index (χ4n) is 3.60. The van der Waals surface area contributed by atoms with Crippen molar-refractivity contribution >= 4 is 15.5 Å². The summed E-state index contributed by atoms with van der Waals surface area (Å²) in [5.41, 5.74) is 0.268. The molecule has 27 heavy (non-hydrogen) atoms. The largest absolute Gasteiger partial charge is 0.269 e. The Hall–Kier alpha value is -2.55. The van der Waals surface area contributed by atoms with Crippen molar-refractivity contribution in [2.75, 3.05) is 0 Å². The molecule has 0 aromatic carbocycles. The number of nitrogens with zero attached hydrogens (tertiary/aromatic N) is 4. The lowest BCUT2D eigenvalue weighted by Gasteiger charge is -2.05. The first kappa shape index (κ1) is 17.8. The number of hydrogen-bond acceptors (Lipinski definition) is 6. The van der Waals surface area contributed by atoms with Gasteiger partial charge in [-0.15, -0.1) is 5.10 Å². The second-order valence-electron chi connectivity index (χ2n) is 7.03. The monoisotopic (exact) mass is 387 g/mol. The quantitative estimate of drug-likeness (QED) is 0.692. The molecular weight excluding hydrogens is 366 g/mol. The summed E-state index contributed by atoms with van der Waals surface area (Å²) >= 11 is 0. The summed E-state index contributed by atoms with van der Waals surface area (Å²) in [6, 6.07) is 6.35. The van der Waals surface area contributed by atoms with Gasteiger partial charge in [0.1, 0.15) is 17.2 Å². The Labute approximate surface area is 156 Å². The van der Waals surface area contributed by atoms with Crippen LogP contribution in [0.2, 0.25) is 0 Å². The number of rotatable bonds is 6.